The third kappa shape index (κ3) is 3.51. The van der Waals surface area contributed by atoms with E-state index in [0.717, 1.165) is 4.48 Å². The monoisotopic (exact) mass is 342 g/mol. The number of aliphatic imine (C=N–C) groups is 2. The van der Waals surface area contributed by atoms with Crippen LogP contribution < -0.4 is 0 Å². The SMILES string of the molecule is C=CC[C@]1(CC(=C)Br)N=C(OC)[C@@H](C(C)C)N=C1OC. The lowest BCUT2D eigenvalue weighted by atomic mass is 9.88. The summed E-state index contributed by atoms with van der Waals surface area (Å²) < 4.78 is 11.8. The van der Waals surface area contributed by atoms with E-state index in [9.17, 15) is 0 Å². The standard InChI is InChI=1S/C15H23BrN2O2/c1-7-8-15(9-11(4)16)14(20-6)17-12(10(2)3)13(18-15)19-5/h7,10,12H,1,4,8-9H2,2-3,5-6H3/t12-,15-/m1/s1. The summed E-state index contributed by atoms with van der Waals surface area (Å²) in [7, 11) is 3.25. The van der Waals surface area contributed by atoms with E-state index in [2.05, 4.69) is 42.9 Å². The van der Waals surface area contributed by atoms with Crippen molar-refractivity contribution in [2.24, 2.45) is 15.9 Å². The summed E-state index contributed by atoms with van der Waals surface area (Å²) in [4.78, 5) is 9.50. The Morgan fingerprint density at radius 1 is 1.45 bits per heavy atom. The molecule has 0 aromatic rings. The van der Waals surface area contributed by atoms with Gasteiger partial charge in [0.1, 0.15) is 11.6 Å². The molecule has 4 nitrogen and oxygen atoms in total. The summed E-state index contributed by atoms with van der Waals surface area (Å²) in [5.74, 6) is 1.53. The van der Waals surface area contributed by atoms with Crippen molar-refractivity contribution in [2.75, 3.05) is 14.2 Å². The first-order valence-electron chi connectivity index (χ1n) is 6.60. The molecule has 0 radical (unpaired) electrons. The van der Waals surface area contributed by atoms with Crippen molar-refractivity contribution >= 4 is 27.7 Å². The second-order valence-corrected chi connectivity index (χ2v) is 6.32. The van der Waals surface area contributed by atoms with Crippen molar-refractivity contribution < 1.29 is 9.47 Å². The van der Waals surface area contributed by atoms with E-state index >= 15 is 0 Å². The average molecular weight is 343 g/mol. The molecule has 5 heteroatoms. The van der Waals surface area contributed by atoms with Crippen molar-refractivity contribution in [3.05, 3.63) is 23.7 Å². The van der Waals surface area contributed by atoms with Crippen molar-refractivity contribution in [2.45, 2.75) is 38.3 Å². The Morgan fingerprint density at radius 3 is 2.50 bits per heavy atom. The van der Waals surface area contributed by atoms with E-state index in [-0.39, 0.29) is 12.0 Å². The number of hydrogen-bond donors (Lipinski definition) is 0. The molecule has 0 saturated carbocycles. The van der Waals surface area contributed by atoms with Gasteiger partial charge < -0.3 is 9.47 Å². The second kappa shape index (κ2) is 7.07. The summed E-state index contributed by atoms with van der Waals surface area (Å²) in [5, 5.41) is 0. The van der Waals surface area contributed by atoms with Crippen LogP contribution in [0.25, 0.3) is 0 Å². The van der Waals surface area contributed by atoms with Gasteiger partial charge in [-0.3, -0.25) is 0 Å². The molecule has 0 unspecified atom stereocenters. The predicted octanol–water partition coefficient (Wildman–Crippen LogP) is 3.73. The van der Waals surface area contributed by atoms with Gasteiger partial charge in [-0.2, -0.15) is 0 Å². The van der Waals surface area contributed by atoms with Crippen LogP contribution in [0.1, 0.15) is 26.7 Å². The van der Waals surface area contributed by atoms with E-state index in [4.69, 9.17) is 19.5 Å². The highest BCUT2D eigenvalue weighted by Crippen LogP contribution is 2.34. The Labute approximate surface area is 129 Å². The molecule has 0 spiro atoms. The van der Waals surface area contributed by atoms with E-state index in [1.54, 1.807) is 14.2 Å². The van der Waals surface area contributed by atoms with Crippen molar-refractivity contribution in [3.63, 3.8) is 0 Å². The number of methoxy groups -OCH3 is 2. The van der Waals surface area contributed by atoms with Crippen molar-refractivity contribution in [1.82, 2.24) is 0 Å². The smallest absolute Gasteiger partial charge is 0.213 e. The van der Waals surface area contributed by atoms with E-state index in [0.29, 0.717) is 24.6 Å². The zero-order valence-corrected chi connectivity index (χ0v) is 14.2. The van der Waals surface area contributed by atoms with Crippen molar-refractivity contribution in [3.8, 4) is 0 Å². The van der Waals surface area contributed by atoms with Crippen LogP contribution in [0.2, 0.25) is 0 Å². The summed E-state index contributed by atoms with van der Waals surface area (Å²) >= 11 is 3.41. The molecule has 0 aromatic heterocycles. The quantitative estimate of drug-likeness (QED) is 0.714. The average Bonchev–Trinajstić information content (AvgIpc) is 2.37. The number of rotatable bonds is 5. The Kier molecular flexibility index (Phi) is 5.99. The van der Waals surface area contributed by atoms with Crippen LogP contribution in [0.3, 0.4) is 0 Å². The van der Waals surface area contributed by atoms with Crippen LogP contribution in [0, 0.1) is 5.92 Å². The van der Waals surface area contributed by atoms with Crippen LogP contribution in [-0.4, -0.2) is 37.6 Å². The van der Waals surface area contributed by atoms with Gasteiger partial charge in [0, 0.05) is 6.42 Å². The molecule has 0 fully saturated rings. The lowest BCUT2D eigenvalue weighted by molar-refractivity contribution is 0.304. The van der Waals surface area contributed by atoms with E-state index in [1.165, 1.54) is 0 Å². The minimum atomic E-state index is -0.617. The zero-order valence-electron chi connectivity index (χ0n) is 12.6. The molecule has 0 saturated heterocycles. The predicted molar refractivity (Wildman–Crippen MR) is 87.7 cm³/mol. The summed E-state index contributed by atoms with van der Waals surface area (Å²) in [5.41, 5.74) is -0.617. The largest absolute Gasteiger partial charge is 0.483 e. The number of hydrogen-bond acceptors (Lipinski definition) is 4. The van der Waals surface area contributed by atoms with Gasteiger partial charge in [-0.05, 0) is 16.8 Å². The molecular formula is C15H23BrN2O2. The Balaban J connectivity index is 3.32. The maximum atomic E-state index is 5.51. The van der Waals surface area contributed by atoms with Gasteiger partial charge in [0.2, 0.25) is 11.8 Å². The lowest BCUT2D eigenvalue weighted by Gasteiger charge is -2.35. The maximum Gasteiger partial charge on any atom is 0.213 e. The topological polar surface area (TPSA) is 43.2 Å². The fourth-order valence-electron chi connectivity index (χ4n) is 2.35. The van der Waals surface area contributed by atoms with Crippen LogP contribution in [0.15, 0.2) is 33.7 Å². The second-order valence-electron chi connectivity index (χ2n) is 5.20. The highest BCUT2D eigenvalue weighted by Gasteiger charge is 2.42. The van der Waals surface area contributed by atoms with Gasteiger partial charge in [0.25, 0.3) is 0 Å². The fraction of sp³-hybridized carbons (Fsp3) is 0.600. The molecule has 1 heterocycles. The Bertz CT molecular complexity index is 443. The van der Waals surface area contributed by atoms with Gasteiger partial charge in [0.15, 0.2) is 0 Å². The first kappa shape index (κ1) is 17.0. The summed E-state index contributed by atoms with van der Waals surface area (Å²) in [6, 6.07) is -0.114. The number of halogens is 1. The third-order valence-corrected chi connectivity index (χ3v) is 3.51. The van der Waals surface area contributed by atoms with Gasteiger partial charge in [-0.1, -0.05) is 42.4 Å². The molecular weight excluding hydrogens is 320 g/mol. The minimum absolute atomic E-state index is 0.114. The molecule has 20 heavy (non-hydrogen) atoms. The van der Waals surface area contributed by atoms with Gasteiger partial charge in [-0.25, -0.2) is 9.98 Å². The molecule has 0 N–H and O–H groups in total. The molecule has 1 aliphatic heterocycles. The van der Waals surface area contributed by atoms with Crippen LogP contribution in [0.4, 0.5) is 0 Å². The highest BCUT2D eigenvalue weighted by molar-refractivity contribution is 9.11. The van der Waals surface area contributed by atoms with Gasteiger partial charge >= 0.3 is 0 Å². The van der Waals surface area contributed by atoms with Crippen LogP contribution >= 0.6 is 15.9 Å². The van der Waals surface area contributed by atoms with Gasteiger partial charge in [0.05, 0.1) is 14.2 Å². The molecule has 1 rings (SSSR count). The molecule has 0 aromatic carbocycles. The molecule has 112 valence electrons. The normalized spacial score (nSPS) is 25.8. The Hall–Kier alpha value is -1.10. The van der Waals surface area contributed by atoms with Crippen molar-refractivity contribution in [1.29, 1.82) is 0 Å². The number of ether oxygens (including phenoxy) is 2. The molecule has 0 bridgehead atoms. The first-order valence-corrected chi connectivity index (χ1v) is 7.39. The molecule has 0 amide bonds. The fourth-order valence-corrected chi connectivity index (χ4v) is 2.81. The van der Waals surface area contributed by atoms with Crippen LogP contribution in [-0.2, 0) is 9.47 Å². The molecule has 0 aliphatic carbocycles. The number of nitrogens with zero attached hydrogens (tertiary/aromatic N) is 2. The Morgan fingerprint density at radius 2 is 2.10 bits per heavy atom. The lowest BCUT2D eigenvalue weighted by Crippen LogP contribution is -2.46. The maximum absolute atomic E-state index is 5.51. The highest BCUT2D eigenvalue weighted by atomic mass is 79.9. The minimum Gasteiger partial charge on any atom is -0.483 e. The molecule has 1 aliphatic rings. The van der Waals surface area contributed by atoms with Gasteiger partial charge in [-0.15, -0.1) is 6.58 Å². The van der Waals surface area contributed by atoms with Crippen LogP contribution in [0.5, 0.6) is 0 Å². The summed E-state index contributed by atoms with van der Waals surface area (Å²) in [6.07, 6.45) is 3.02. The zero-order chi connectivity index (χ0) is 15.3. The first-order chi connectivity index (χ1) is 9.40. The van der Waals surface area contributed by atoms with E-state index in [1.807, 2.05) is 6.08 Å². The van der Waals surface area contributed by atoms with E-state index < -0.39 is 5.54 Å². The third-order valence-electron chi connectivity index (χ3n) is 3.23. The summed E-state index contributed by atoms with van der Waals surface area (Å²) in [6.45, 7) is 11.9. The molecule has 2 atom stereocenters.